The van der Waals surface area contributed by atoms with E-state index in [0.29, 0.717) is 21.3 Å². The summed E-state index contributed by atoms with van der Waals surface area (Å²) in [7, 11) is 0. The quantitative estimate of drug-likeness (QED) is 0.774. The zero-order valence-corrected chi connectivity index (χ0v) is 9.12. The highest BCUT2D eigenvalue weighted by Crippen LogP contribution is 2.25. The Morgan fingerprint density at radius 1 is 1.43 bits per heavy atom. The van der Waals surface area contributed by atoms with E-state index in [0.717, 1.165) is 0 Å². The molecule has 1 amide bonds. The van der Waals surface area contributed by atoms with Crippen LogP contribution in [0.15, 0.2) is 30.4 Å². The van der Waals surface area contributed by atoms with E-state index >= 15 is 0 Å². The van der Waals surface area contributed by atoms with Crippen molar-refractivity contribution in [2.75, 3.05) is 5.32 Å². The molecule has 1 N–H and O–H groups in total. The highest BCUT2D eigenvalue weighted by molar-refractivity contribution is 6.35. The van der Waals surface area contributed by atoms with Crippen LogP contribution in [0.1, 0.15) is 6.92 Å². The van der Waals surface area contributed by atoms with Gasteiger partial charge in [-0.15, -0.1) is 0 Å². The van der Waals surface area contributed by atoms with Gasteiger partial charge in [0, 0.05) is 10.6 Å². The lowest BCUT2D eigenvalue weighted by atomic mass is 10.3. The molecule has 0 aliphatic rings. The number of anilines is 1. The van der Waals surface area contributed by atoms with E-state index in [-0.39, 0.29) is 5.91 Å². The van der Waals surface area contributed by atoms with Crippen LogP contribution in [0, 0.1) is 0 Å². The average molecular weight is 230 g/mol. The van der Waals surface area contributed by atoms with Crippen molar-refractivity contribution in [1.29, 1.82) is 0 Å². The van der Waals surface area contributed by atoms with Crippen molar-refractivity contribution in [3.05, 3.63) is 40.4 Å². The predicted molar refractivity (Wildman–Crippen MR) is 59.9 cm³/mol. The van der Waals surface area contributed by atoms with E-state index in [4.69, 9.17) is 23.2 Å². The summed E-state index contributed by atoms with van der Waals surface area (Å²) < 4.78 is 0. The zero-order chi connectivity index (χ0) is 10.7. The van der Waals surface area contributed by atoms with Gasteiger partial charge >= 0.3 is 0 Å². The summed E-state index contributed by atoms with van der Waals surface area (Å²) in [6.07, 6.45) is 0. The van der Waals surface area contributed by atoms with E-state index in [2.05, 4.69) is 11.9 Å². The number of halogens is 2. The van der Waals surface area contributed by atoms with Gasteiger partial charge in [-0.1, -0.05) is 29.8 Å². The molecule has 0 fully saturated rings. The molecule has 2 nitrogen and oxygen atoms in total. The lowest BCUT2D eigenvalue weighted by Gasteiger charge is -2.06. The molecule has 0 aromatic heterocycles. The molecule has 0 radical (unpaired) electrons. The number of nitrogens with one attached hydrogen (secondary N) is 1. The third-order valence-electron chi connectivity index (χ3n) is 1.56. The van der Waals surface area contributed by atoms with Crippen LogP contribution in [-0.2, 0) is 4.79 Å². The van der Waals surface area contributed by atoms with Crippen LogP contribution in [0.3, 0.4) is 0 Å². The zero-order valence-electron chi connectivity index (χ0n) is 7.60. The highest BCUT2D eigenvalue weighted by atomic mass is 35.5. The standard InChI is InChI=1S/C10H9Cl2NO/c1-6(2)10(14)13-9-5-7(11)3-4-8(9)12/h3-5H,1H2,2H3,(H,13,14). The fourth-order valence-corrected chi connectivity index (χ4v) is 1.16. The summed E-state index contributed by atoms with van der Waals surface area (Å²) in [4.78, 5) is 11.3. The van der Waals surface area contributed by atoms with E-state index in [1.54, 1.807) is 25.1 Å². The van der Waals surface area contributed by atoms with Gasteiger partial charge in [-0.2, -0.15) is 0 Å². The molecule has 14 heavy (non-hydrogen) atoms. The maximum atomic E-state index is 11.3. The monoisotopic (exact) mass is 229 g/mol. The first kappa shape index (κ1) is 11.1. The molecular weight excluding hydrogens is 221 g/mol. The molecular formula is C10H9Cl2NO. The molecule has 1 aromatic rings. The average Bonchev–Trinajstić information content (AvgIpc) is 2.11. The minimum Gasteiger partial charge on any atom is -0.321 e. The van der Waals surface area contributed by atoms with Crippen LogP contribution in [-0.4, -0.2) is 5.91 Å². The summed E-state index contributed by atoms with van der Waals surface area (Å²) in [5.74, 6) is -0.269. The third kappa shape index (κ3) is 2.76. The van der Waals surface area contributed by atoms with Gasteiger partial charge in [0.15, 0.2) is 0 Å². The number of amides is 1. The van der Waals surface area contributed by atoms with Gasteiger partial charge in [0.1, 0.15) is 0 Å². The second-order valence-electron chi connectivity index (χ2n) is 2.86. The highest BCUT2D eigenvalue weighted by Gasteiger charge is 2.06. The molecule has 0 unspecified atom stereocenters. The van der Waals surface area contributed by atoms with E-state index in [9.17, 15) is 4.79 Å². The molecule has 0 aliphatic heterocycles. The van der Waals surface area contributed by atoms with Crippen molar-refractivity contribution in [3.8, 4) is 0 Å². The van der Waals surface area contributed by atoms with Crippen molar-refractivity contribution in [2.24, 2.45) is 0 Å². The Morgan fingerprint density at radius 3 is 2.64 bits per heavy atom. The maximum absolute atomic E-state index is 11.3. The Balaban J connectivity index is 2.91. The molecule has 4 heteroatoms. The molecule has 0 heterocycles. The van der Waals surface area contributed by atoms with Crippen LogP contribution >= 0.6 is 23.2 Å². The summed E-state index contributed by atoms with van der Waals surface area (Å²) in [5, 5.41) is 3.56. The lowest BCUT2D eigenvalue weighted by molar-refractivity contribution is -0.112. The van der Waals surface area contributed by atoms with Gasteiger partial charge in [-0.05, 0) is 25.1 Å². The summed E-state index contributed by atoms with van der Waals surface area (Å²) in [6, 6.07) is 4.86. The summed E-state index contributed by atoms with van der Waals surface area (Å²) in [6.45, 7) is 5.13. The molecule has 1 aromatic carbocycles. The van der Waals surface area contributed by atoms with Gasteiger partial charge < -0.3 is 5.32 Å². The summed E-state index contributed by atoms with van der Waals surface area (Å²) >= 11 is 11.6. The van der Waals surface area contributed by atoms with Crippen molar-refractivity contribution in [3.63, 3.8) is 0 Å². The molecule has 0 saturated heterocycles. The van der Waals surface area contributed by atoms with Crippen molar-refractivity contribution >= 4 is 34.8 Å². The van der Waals surface area contributed by atoms with Gasteiger partial charge in [0.05, 0.1) is 10.7 Å². The SMILES string of the molecule is C=C(C)C(=O)Nc1cc(Cl)ccc1Cl. The lowest BCUT2D eigenvalue weighted by Crippen LogP contribution is -2.12. The Morgan fingerprint density at radius 2 is 2.07 bits per heavy atom. The van der Waals surface area contributed by atoms with Crippen molar-refractivity contribution in [1.82, 2.24) is 0 Å². The Hall–Kier alpha value is -0.990. The minimum absolute atomic E-state index is 0.269. The molecule has 0 bridgehead atoms. The number of rotatable bonds is 2. The summed E-state index contributed by atoms with van der Waals surface area (Å²) in [5.41, 5.74) is 0.910. The second-order valence-corrected chi connectivity index (χ2v) is 3.70. The largest absolute Gasteiger partial charge is 0.321 e. The molecule has 0 spiro atoms. The fraction of sp³-hybridized carbons (Fsp3) is 0.100. The topological polar surface area (TPSA) is 29.1 Å². The first-order valence-corrected chi connectivity index (χ1v) is 4.68. The molecule has 0 saturated carbocycles. The third-order valence-corrected chi connectivity index (χ3v) is 2.13. The van der Waals surface area contributed by atoms with Gasteiger partial charge in [-0.25, -0.2) is 0 Å². The van der Waals surface area contributed by atoms with Crippen LogP contribution in [0.4, 0.5) is 5.69 Å². The second kappa shape index (κ2) is 4.49. The normalized spacial score (nSPS) is 9.64. The van der Waals surface area contributed by atoms with Crippen LogP contribution in [0.25, 0.3) is 0 Å². The first-order chi connectivity index (χ1) is 6.50. The molecule has 74 valence electrons. The van der Waals surface area contributed by atoms with E-state index in [1.807, 2.05) is 0 Å². The van der Waals surface area contributed by atoms with Gasteiger partial charge in [0.2, 0.25) is 0 Å². The number of hydrogen-bond donors (Lipinski definition) is 1. The van der Waals surface area contributed by atoms with Crippen molar-refractivity contribution in [2.45, 2.75) is 6.92 Å². The first-order valence-electron chi connectivity index (χ1n) is 3.92. The Labute approximate surface area is 92.5 Å². The number of hydrogen-bond acceptors (Lipinski definition) is 1. The van der Waals surface area contributed by atoms with E-state index in [1.165, 1.54) is 0 Å². The number of carbonyl (C=O) groups excluding carboxylic acids is 1. The van der Waals surface area contributed by atoms with E-state index < -0.39 is 0 Å². The van der Waals surface area contributed by atoms with Crippen LogP contribution in [0.2, 0.25) is 10.0 Å². The minimum atomic E-state index is -0.269. The Bertz CT molecular complexity index is 388. The molecule has 0 atom stereocenters. The van der Waals surface area contributed by atoms with Crippen molar-refractivity contribution < 1.29 is 4.79 Å². The fourth-order valence-electron chi connectivity index (χ4n) is 0.822. The Kier molecular flexibility index (Phi) is 3.55. The predicted octanol–water partition coefficient (Wildman–Crippen LogP) is 3.51. The van der Waals surface area contributed by atoms with Gasteiger partial charge in [0.25, 0.3) is 5.91 Å². The smallest absolute Gasteiger partial charge is 0.250 e. The number of carbonyl (C=O) groups is 1. The maximum Gasteiger partial charge on any atom is 0.250 e. The molecule has 1 rings (SSSR count). The van der Waals surface area contributed by atoms with Crippen LogP contribution < -0.4 is 5.32 Å². The van der Waals surface area contributed by atoms with Crippen LogP contribution in [0.5, 0.6) is 0 Å². The van der Waals surface area contributed by atoms with Gasteiger partial charge in [-0.3, -0.25) is 4.79 Å². The molecule has 0 aliphatic carbocycles. The number of benzene rings is 1.